The third-order valence-corrected chi connectivity index (χ3v) is 4.58. The van der Waals surface area contributed by atoms with Crippen molar-refractivity contribution in [1.82, 2.24) is 9.78 Å². The van der Waals surface area contributed by atoms with Crippen LogP contribution in [0, 0.1) is 10.1 Å². The lowest BCUT2D eigenvalue weighted by molar-refractivity contribution is -0.386. The fourth-order valence-electron chi connectivity index (χ4n) is 3.09. The Morgan fingerprint density at radius 1 is 1.25 bits per heavy atom. The second-order valence-electron chi connectivity index (χ2n) is 6.40. The van der Waals surface area contributed by atoms with Crippen molar-refractivity contribution in [3.8, 4) is 22.8 Å². The van der Waals surface area contributed by atoms with E-state index in [9.17, 15) is 10.1 Å². The highest BCUT2D eigenvalue weighted by atomic mass is 16.6. The topological polar surface area (TPSA) is 88.7 Å². The van der Waals surface area contributed by atoms with E-state index in [0.29, 0.717) is 13.2 Å². The molecule has 0 aliphatic carbocycles. The van der Waals surface area contributed by atoms with Gasteiger partial charge in [-0.15, -0.1) is 0 Å². The quantitative estimate of drug-likeness (QED) is 0.480. The van der Waals surface area contributed by atoms with Crippen LogP contribution in [-0.4, -0.2) is 34.5 Å². The van der Waals surface area contributed by atoms with Gasteiger partial charge in [0.05, 0.1) is 36.6 Å². The molecule has 8 heteroatoms. The van der Waals surface area contributed by atoms with Gasteiger partial charge >= 0.3 is 5.69 Å². The van der Waals surface area contributed by atoms with Crippen LogP contribution in [0.25, 0.3) is 11.3 Å². The van der Waals surface area contributed by atoms with Gasteiger partial charge in [-0.3, -0.25) is 14.8 Å². The highest BCUT2D eigenvalue weighted by molar-refractivity contribution is 5.60. The Morgan fingerprint density at radius 2 is 2.04 bits per heavy atom. The molecule has 0 radical (unpaired) electrons. The molecule has 1 aliphatic rings. The number of methoxy groups -OCH3 is 1. The van der Waals surface area contributed by atoms with E-state index in [0.717, 1.165) is 22.7 Å². The number of hydrogen-bond acceptors (Lipinski definition) is 6. The smallest absolute Gasteiger partial charge is 0.310 e. The summed E-state index contributed by atoms with van der Waals surface area (Å²) in [7, 11) is 1.63. The van der Waals surface area contributed by atoms with Crippen LogP contribution in [0.2, 0.25) is 0 Å². The molecule has 0 saturated carbocycles. The Balaban J connectivity index is 1.44. The van der Waals surface area contributed by atoms with Crippen LogP contribution in [0.5, 0.6) is 11.5 Å². The van der Waals surface area contributed by atoms with Gasteiger partial charge in [-0.1, -0.05) is 12.1 Å². The lowest BCUT2D eigenvalue weighted by Gasteiger charge is -2.24. The molecule has 1 atom stereocenters. The first-order valence-corrected chi connectivity index (χ1v) is 8.83. The maximum Gasteiger partial charge on any atom is 0.310 e. The molecule has 28 heavy (non-hydrogen) atoms. The number of hydrogen-bond donors (Lipinski definition) is 0. The molecule has 0 saturated heterocycles. The van der Waals surface area contributed by atoms with E-state index >= 15 is 0 Å². The molecule has 1 aromatic heterocycles. The SMILES string of the molecule is COc1ccc(-c2cc3n(n2)CC(COc2ccccc2[N+](=O)[O-])OC3)cc1. The number of fused-ring (bicyclic) bond motifs is 1. The van der Waals surface area contributed by atoms with Crippen LogP contribution in [0.3, 0.4) is 0 Å². The zero-order valence-corrected chi connectivity index (χ0v) is 15.3. The lowest BCUT2D eigenvalue weighted by atomic mass is 10.1. The molecule has 0 N–H and O–H groups in total. The Labute approximate surface area is 161 Å². The van der Waals surface area contributed by atoms with E-state index in [2.05, 4.69) is 5.10 Å². The minimum Gasteiger partial charge on any atom is -0.497 e. The minimum atomic E-state index is -0.455. The molecule has 3 aromatic rings. The van der Waals surface area contributed by atoms with Gasteiger partial charge in [-0.05, 0) is 36.4 Å². The fourth-order valence-corrected chi connectivity index (χ4v) is 3.09. The Morgan fingerprint density at radius 3 is 2.79 bits per heavy atom. The predicted octanol–water partition coefficient (Wildman–Crippen LogP) is 3.44. The number of benzene rings is 2. The van der Waals surface area contributed by atoms with E-state index in [4.69, 9.17) is 14.2 Å². The van der Waals surface area contributed by atoms with Crippen LogP contribution in [0.1, 0.15) is 5.69 Å². The number of ether oxygens (including phenoxy) is 3. The summed E-state index contributed by atoms with van der Waals surface area (Å²) in [5.41, 5.74) is 2.78. The van der Waals surface area contributed by atoms with Crippen molar-refractivity contribution in [2.45, 2.75) is 19.3 Å². The largest absolute Gasteiger partial charge is 0.497 e. The second-order valence-corrected chi connectivity index (χ2v) is 6.40. The van der Waals surface area contributed by atoms with Gasteiger partial charge < -0.3 is 14.2 Å². The third kappa shape index (κ3) is 3.67. The van der Waals surface area contributed by atoms with Crippen molar-refractivity contribution in [3.63, 3.8) is 0 Å². The Kier molecular flexibility index (Phi) is 4.94. The maximum absolute atomic E-state index is 11.1. The van der Waals surface area contributed by atoms with Crippen molar-refractivity contribution in [1.29, 1.82) is 0 Å². The van der Waals surface area contributed by atoms with E-state index in [1.54, 1.807) is 25.3 Å². The first-order valence-electron chi connectivity index (χ1n) is 8.83. The molecular weight excluding hydrogens is 362 g/mol. The molecule has 0 amide bonds. The number of nitro benzene ring substituents is 1. The summed E-state index contributed by atoms with van der Waals surface area (Å²) in [6.07, 6.45) is -0.240. The van der Waals surface area contributed by atoms with Crippen molar-refractivity contribution in [2.24, 2.45) is 0 Å². The molecule has 0 spiro atoms. The van der Waals surface area contributed by atoms with Crippen molar-refractivity contribution in [3.05, 3.63) is 70.4 Å². The Bertz CT molecular complexity index is 984. The molecule has 8 nitrogen and oxygen atoms in total. The van der Waals surface area contributed by atoms with Crippen LogP contribution < -0.4 is 9.47 Å². The van der Waals surface area contributed by atoms with E-state index < -0.39 is 4.92 Å². The summed E-state index contributed by atoms with van der Waals surface area (Å²) >= 11 is 0. The first-order chi connectivity index (χ1) is 13.6. The molecule has 1 unspecified atom stereocenters. The van der Waals surface area contributed by atoms with Crippen molar-refractivity contribution in [2.75, 3.05) is 13.7 Å². The van der Waals surface area contributed by atoms with E-state index in [-0.39, 0.29) is 24.1 Å². The van der Waals surface area contributed by atoms with Gasteiger partial charge in [0.2, 0.25) is 0 Å². The Hall–Kier alpha value is -3.39. The molecule has 2 aromatic carbocycles. The number of nitro groups is 1. The number of para-hydroxylation sites is 2. The molecule has 4 rings (SSSR count). The van der Waals surface area contributed by atoms with Gasteiger partial charge in [-0.2, -0.15) is 5.10 Å². The van der Waals surface area contributed by atoms with Gasteiger partial charge in [0.15, 0.2) is 5.75 Å². The molecule has 1 aliphatic heterocycles. The average molecular weight is 381 g/mol. The number of aromatic nitrogens is 2. The van der Waals surface area contributed by atoms with Crippen molar-refractivity contribution < 1.29 is 19.1 Å². The summed E-state index contributed by atoms with van der Waals surface area (Å²) in [5.74, 6) is 1.03. The van der Waals surface area contributed by atoms with Crippen LogP contribution in [0.4, 0.5) is 5.69 Å². The summed E-state index contributed by atoms with van der Waals surface area (Å²) in [6.45, 7) is 1.14. The number of rotatable bonds is 6. The molecule has 144 valence electrons. The van der Waals surface area contributed by atoms with Crippen molar-refractivity contribution >= 4 is 5.69 Å². The van der Waals surface area contributed by atoms with Gasteiger partial charge in [0, 0.05) is 11.6 Å². The molecule has 2 heterocycles. The maximum atomic E-state index is 11.1. The zero-order chi connectivity index (χ0) is 19.5. The highest BCUT2D eigenvalue weighted by Crippen LogP contribution is 2.28. The van der Waals surface area contributed by atoms with E-state index in [1.807, 2.05) is 35.0 Å². The monoisotopic (exact) mass is 381 g/mol. The average Bonchev–Trinajstić information content (AvgIpc) is 3.16. The third-order valence-electron chi connectivity index (χ3n) is 4.58. The second kappa shape index (κ2) is 7.69. The zero-order valence-electron chi connectivity index (χ0n) is 15.3. The lowest BCUT2D eigenvalue weighted by Crippen LogP contribution is -2.32. The molecule has 0 bridgehead atoms. The molecular formula is C20H19N3O5. The summed E-state index contributed by atoms with van der Waals surface area (Å²) in [5, 5.41) is 15.7. The molecule has 0 fully saturated rings. The van der Waals surface area contributed by atoms with Crippen LogP contribution in [0.15, 0.2) is 54.6 Å². The highest BCUT2D eigenvalue weighted by Gasteiger charge is 2.23. The number of nitrogens with zero attached hydrogens (tertiary/aromatic N) is 3. The van der Waals surface area contributed by atoms with Gasteiger partial charge in [-0.25, -0.2) is 0 Å². The summed E-state index contributed by atoms with van der Waals surface area (Å²) in [6, 6.07) is 16.0. The first kappa shape index (κ1) is 18.0. The normalized spacial score (nSPS) is 15.7. The van der Waals surface area contributed by atoms with Gasteiger partial charge in [0.25, 0.3) is 0 Å². The standard InChI is InChI=1S/C20H19N3O5/c1-26-16-8-6-14(7-9-16)18-10-15-12-27-17(11-22(15)21-18)13-28-20-5-3-2-4-19(20)23(24)25/h2-10,17H,11-13H2,1H3. The minimum absolute atomic E-state index is 0.0557. The summed E-state index contributed by atoms with van der Waals surface area (Å²) in [4.78, 5) is 10.6. The van der Waals surface area contributed by atoms with Crippen LogP contribution >= 0.6 is 0 Å². The van der Waals surface area contributed by atoms with E-state index in [1.165, 1.54) is 6.07 Å². The predicted molar refractivity (Wildman–Crippen MR) is 101 cm³/mol. The fraction of sp³-hybridized carbons (Fsp3) is 0.250. The van der Waals surface area contributed by atoms with Gasteiger partial charge in [0.1, 0.15) is 18.5 Å². The summed E-state index contributed by atoms with van der Waals surface area (Å²) < 4.78 is 18.6. The van der Waals surface area contributed by atoms with Crippen LogP contribution in [-0.2, 0) is 17.9 Å².